The molecule has 1 aromatic heterocycles. The van der Waals surface area contributed by atoms with Crippen LogP contribution in [-0.2, 0) is 12.7 Å². The molecule has 0 saturated carbocycles. The number of para-hydroxylation sites is 1. The fraction of sp³-hybridized carbons (Fsp3) is 0.133. The van der Waals surface area contributed by atoms with Gasteiger partial charge in [-0.1, -0.05) is 24.3 Å². The summed E-state index contributed by atoms with van der Waals surface area (Å²) in [6, 6.07) is 9.14. The van der Waals surface area contributed by atoms with Gasteiger partial charge in [0.1, 0.15) is 5.82 Å². The fourth-order valence-electron chi connectivity index (χ4n) is 2.40. The standard InChI is InChI=1S/C15H10F4N2O/c16-11-6-2-1-4-9(11)8-21-13-10(15(17,18)19)5-3-7-12(13)20-14(21)22/h1-7H,8H2,(H,20,22). The SMILES string of the molecule is O=c1[nH]c2cccc(C(F)(F)F)c2n1Cc1ccccc1F. The van der Waals surface area contributed by atoms with Crippen LogP contribution in [0.1, 0.15) is 11.1 Å². The largest absolute Gasteiger partial charge is 0.418 e. The molecule has 0 aliphatic carbocycles. The number of rotatable bonds is 2. The van der Waals surface area contributed by atoms with Gasteiger partial charge in [0.05, 0.1) is 23.1 Å². The predicted octanol–water partition coefficient (Wildman–Crippen LogP) is 3.54. The van der Waals surface area contributed by atoms with Crippen molar-refractivity contribution in [1.29, 1.82) is 0 Å². The van der Waals surface area contributed by atoms with Crippen molar-refractivity contribution in [2.75, 3.05) is 0 Å². The molecule has 0 aliphatic heterocycles. The minimum Gasteiger partial charge on any atom is -0.306 e. The van der Waals surface area contributed by atoms with Crippen LogP contribution in [-0.4, -0.2) is 9.55 Å². The molecule has 22 heavy (non-hydrogen) atoms. The number of H-pyrrole nitrogens is 1. The Kier molecular flexibility index (Phi) is 3.27. The molecule has 0 radical (unpaired) electrons. The first kappa shape index (κ1) is 14.4. The van der Waals surface area contributed by atoms with Gasteiger partial charge < -0.3 is 4.98 Å². The van der Waals surface area contributed by atoms with E-state index in [1.54, 1.807) is 6.07 Å². The van der Waals surface area contributed by atoms with Gasteiger partial charge in [0, 0.05) is 5.56 Å². The van der Waals surface area contributed by atoms with Crippen LogP contribution in [0.25, 0.3) is 11.0 Å². The number of alkyl halides is 3. The summed E-state index contributed by atoms with van der Waals surface area (Å²) in [5.41, 5.74) is -1.71. The third kappa shape index (κ3) is 2.38. The smallest absolute Gasteiger partial charge is 0.306 e. The molecule has 3 aromatic rings. The number of nitrogens with one attached hydrogen (secondary N) is 1. The summed E-state index contributed by atoms with van der Waals surface area (Å²) >= 11 is 0. The summed E-state index contributed by atoms with van der Waals surface area (Å²) in [5, 5.41) is 0. The molecule has 7 heteroatoms. The number of imidazole rings is 1. The van der Waals surface area contributed by atoms with E-state index in [0.29, 0.717) is 0 Å². The van der Waals surface area contributed by atoms with E-state index < -0.39 is 23.2 Å². The molecular weight excluding hydrogens is 300 g/mol. The Balaban J connectivity index is 2.24. The zero-order valence-electron chi connectivity index (χ0n) is 11.1. The number of halogens is 4. The Labute approximate surface area is 121 Å². The number of hydrogen-bond donors (Lipinski definition) is 1. The molecule has 0 saturated heterocycles. The van der Waals surface area contributed by atoms with Gasteiger partial charge in [-0.3, -0.25) is 4.57 Å². The van der Waals surface area contributed by atoms with E-state index in [4.69, 9.17) is 0 Å². The van der Waals surface area contributed by atoms with Gasteiger partial charge in [-0.15, -0.1) is 0 Å². The minimum absolute atomic E-state index is 0.0659. The first-order chi connectivity index (χ1) is 10.4. The molecule has 0 amide bonds. The van der Waals surface area contributed by atoms with E-state index in [1.165, 1.54) is 30.3 Å². The summed E-state index contributed by atoms with van der Waals surface area (Å²) in [6.07, 6.45) is -4.61. The molecule has 0 unspecified atom stereocenters. The van der Waals surface area contributed by atoms with Crippen LogP contribution in [0, 0.1) is 5.82 Å². The molecule has 0 aliphatic rings. The molecule has 2 aromatic carbocycles. The third-order valence-electron chi connectivity index (χ3n) is 3.38. The normalized spacial score (nSPS) is 12.0. The highest BCUT2D eigenvalue weighted by molar-refractivity contribution is 5.79. The van der Waals surface area contributed by atoms with Gasteiger partial charge in [0.15, 0.2) is 0 Å². The highest BCUT2D eigenvalue weighted by Gasteiger charge is 2.34. The Bertz CT molecular complexity index is 892. The quantitative estimate of drug-likeness (QED) is 0.722. The topological polar surface area (TPSA) is 37.8 Å². The number of fused-ring (bicyclic) bond motifs is 1. The molecule has 3 nitrogen and oxygen atoms in total. The fourth-order valence-corrected chi connectivity index (χ4v) is 2.40. The van der Waals surface area contributed by atoms with Gasteiger partial charge in [0.2, 0.25) is 0 Å². The maximum absolute atomic E-state index is 13.7. The van der Waals surface area contributed by atoms with Gasteiger partial charge in [-0.05, 0) is 18.2 Å². The molecule has 0 atom stereocenters. The van der Waals surface area contributed by atoms with E-state index in [-0.39, 0.29) is 23.1 Å². The van der Waals surface area contributed by atoms with Crippen LogP contribution in [0.3, 0.4) is 0 Å². The molecular formula is C15H10F4N2O. The average molecular weight is 310 g/mol. The van der Waals surface area contributed by atoms with Crippen molar-refractivity contribution in [2.24, 2.45) is 0 Å². The van der Waals surface area contributed by atoms with E-state index in [2.05, 4.69) is 4.98 Å². The Morgan fingerprint density at radius 2 is 1.77 bits per heavy atom. The second kappa shape index (κ2) is 5.01. The highest BCUT2D eigenvalue weighted by Crippen LogP contribution is 2.34. The Morgan fingerprint density at radius 3 is 2.45 bits per heavy atom. The van der Waals surface area contributed by atoms with Crippen LogP contribution in [0.15, 0.2) is 47.3 Å². The lowest BCUT2D eigenvalue weighted by Crippen LogP contribution is -2.19. The van der Waals surface area contributed by atoms with Crippen LogP contribution < -0.4 is 5.69 Å². The van der Waals surface area contributed by atoms with Crippen molar-refractivity contribution in [3.05, 3.63) is 69.9 Å². The van der Waals surface area contributed by atoms with E-state index in [9.17, 15) is 22.4 Å². The van der Waals surface area contributed by atoms with Gasteiger partial charge in [-0.2, -0.15) is 13.2 Å². The number of benzene rings is 2. The highest BCUT2D eigenvalue weighted by atomic mass is 19.4. The van der Waals surface area contributed by atoms with Crippen molar-refractivity contribution in [3.63, 3.8) is 0 Å². The van der Waals surface area contributed by atoms with E-state index >= 15 is 0 Å². The van der Waals surface area contributed by atoms with Crippen molar-refractivity contribution in [3.8, 4) is 0 Å². The van der Waals surface area contributed by atoms with Crippen LogP contribution in [0.5, 0.6) is 0 Å². The maximum atomic E-state index is 13.7. The van der Waals surface area contributed by atoms with Crippen LogP contribution >= 0.6 is 0 Å². The zero-order chi connectivity index (χ0) is 15.9. The van der Waals surface area contributed by atoms with Crippen molar-refractivity contribution < 1.29 is 17.6 Å². The Morgan fingerprint density at radius 1 is 1.05 bits per heavy atom. The first-order valence-corrected chi connectivity index (χ1v) is 6.40. The maximum Gasteiger partial charge on any atom is 0.418 e. The average Bonchev–Trinajstić information content (AvgIpc) is 2.76. The molecule has 3 rings (SSSR count). The second-order valence-corrected chi connectivity index (χ2v) is 4.81. The summed E-state index contributed by atoms with van der Waals surface area (Å²) in [6.45, 7) is -0.279. The molecule has 0 spiro atoms. The number of aromatic nitrogens is 2. The second-order valence-electron chi connectivity index (χ2n) is 4.81. The molecule has 1 N–H and O–H groups in total. The number of aromatic amines is 1. The molecule has 114 valence electrons. The summed E-state index contributed by atoms with van der Waals surface area (Å²) < 4.78 is 54.0. The van der Waals surface area contributed by atoms with Crippen LogP contribution in [0.2, 0.25) is 0 Å². The van der Waals surface area contributed by atoms with Crippen molar-refractivity contribution in [2.45, 2.75) is 12.7 Å². The zero-order valence-corrected chi connectivity index (χ0v) is 11.1. The lowest BCUT2D eigenvalue weighted by molar-refractivity contribution is -0.136. The third-order valence-corrected chi connectivity index (χ3v) is 3.38. The summed E-state index contributed by atoms with van der Waals surface area (Å²) in [5.74, 6) is -0.576. The molecule has 0 fully saturated rings. The lowest BCUT2D eigenvalue weighted by Gasteiger charge is -2.11. The van der Waals surface area contributed by atoms with Gasteiger partial charge in [0.25, 0.3) is 0 Å². The number of nitrogens with zero attached hydrogens (tertiary/aromatic N) is 1. The van der Waals surface area contributed by atoms with Gasteiger partial charge in [-0.25, -0.2) is 9.18 Å². The van der Waals surface area contributed by atoms with Crippen LogP contribution in [0.4, 0.5) is 17.6 Å². The van der Waals surface area contributed by atoms with Crippen molar-refractivity contribution in [1.82, 2.24) is 9.55 Å². The molecule has 0 bridgehead atoms. The molecule has 1 heterocycles. The summed E-state index contributed by atoms with van der Waals surface area (Å²) in [4.78, 5) is 14.3. The minimum atomic E-state index is -4.61. The van der Waals surface area contributed by atoms with Crippen molar-refractivity contribution >= 4 is 11.0 Å². The predicted molar refractivity (Wildman–Crippen MR) is 73.1 cm³/mol. The monoisotopic (exact) mass is 310 g/mol. The van der Waals surface area contributed by atoms with E-state index in [0.717, 1.165) is 10.6 Å². The van der Waals surface area contributed by atoms with Gasteiger partial charge >= 0.3 is 11.9 Å². The number of hydrogen-bond acceptors (Lipinski definition) is 1. The first-order valence-electron chi connectivity index (χ1n) is 6.40. The van der Waals surface area contributed by atoms with E-state index in [1.807, 2.05) is 0 Å². The lowest BCUT2D eigenvalue weighted by atomic mass is 10.1. The summed E-state index contributed by atoms with van der Waals surface area (Å²) in [7, 11) is 0. The Hall–Kier alpha value is -2.57.